The zero-order chi connectivity index (χ0) is 14.7. The molecule has 0 amide bonds. The Kier molecular flexibility index (Phi) is 3.93. The van der Waals surface area contributed by atoms with Gasteiger partial charge in [0, 0.05) is 27.2 Å². The Morgan fingerprint density at radius 1 is 1.14 bits per heavy atom. The summed E-state index contributed by atoms with van der Waals surface area (Å²) in [5.74, 6) is 0. The van der Waals surface area contributed by atoms with Crippen molar-refractivity contribution in [3.63, 3.8) is 0 Å². The van der Waals surface area contributed by atoms with Crippen LogP contribution in [0.2, 0.25) is 5.02 Å². The molecule has 0 spiro atoms. The third kappa shape index (κ3) is 2.93. The molecule has 1 aromatic heterocycles. The van der Waals surface area contributed by atoms with E-state index in [0.29, 0.717) is 6.54 Å². The third-order valence-electron chi connectivity index (χ3n) is 3.46. The lowest BCUT2D eigenvalue weighted by Crippen LogP contribution is -2.06. The molecule has 3 rings (SSSR count). The van der Waals surface area contributed by atoms with Gasteiger partial charge >= 0.3 is 0 Å². The lowest BCUT2D eigenvalue weighted by Gasteiger charge is -2.02. The summed E-state index contributed by atoms with van der Waals surface area (Å²) in [5, 5.41) is 6.24. The van der Waals surface area contributed by atoms with E-state index in [0.717, 1.165) is 27.4 Å². The molecule has 0 unspecified atom stereocenters. The van der Waals surface area contributed by atoms with Crippen LogP contribution in [0, 0.1) is 6.92 Å². The van der Waals surface area contributed by atoms with E-state index in [4.69, 9.17) is 11.6 Å². The quantitative estimate of drug-likeness (QED) is 0.548. The highest BCUT2D eigenvalue weighted by molar-refractivity contribution is 6.31. The summed E-state index contributed by atoms with van der Waals surface area (Å²) in [4.78, 5) is 3.35. The number of hydrazone groups is 1. The highest BCUT2D eigenvalue weighted by Gasteiger charge is 2.04. The van der Waals surface area contributed by atoms with Crippen LogP contribution >= 0.6 is 11.6 Å². The zero-order valence-corrected chi connectivity index (χ0v) is 12.5. The SMILES string of the molecule is Cc1[nH]c2ccccc2c1/C=N\NCc1ccccc1Cl. The van der Waals surface area contributed by atoms with E-state index in [1.165, 1.54) is 5.39 Å². The third-order valence-corrected chi connectivity index (χ3v) is 3.82. The summed E-state index contributed by atoms with van der Waals surface area (Å²) in [6.07, 6.45) is 1.85. The van der Waals surface area contributed by atoms with Crippen molar-refractivity contribution in [1.29, 1.82) is 0 Å². The van der Waals surface area contributed by atoms with Crippen molar-refractivity contribution in [3.8, 4) is 0 Å². The van der Waals surface area contributed by atoms with Gasteiger partial charge in [0.15, 0.2) is 0 Å². The van der Waals surface area contributed by atoms with Crippen molar-refractivity contribution >= 4 is 28.7 Å². The molecule has 4 heteroatoms. The number of benzene rings is 2. The lowest BCUT2D eigenvalue weighted by atomic mass is 10.1. The normalized spacial score (nSPS) is 11.3. The number of H-pyrrole nitrogens is 1. The highest BCUT2D eigenvalue weighted by atomic mass is 35.5. The first-order chi connectivity index (χ1) is 10.3. The second-order valence-electron chi connectivity index (χ2n) is 4.89. The first-order valence-electron chi connectivity index (χ1n) is 6.82. The van der Waals surface area contributed by atoms with Gasteiger partial charge in [-0.25, -0.2) is 0 Å². The molecule has 3 aromatic rings. The average molecular weight is 298 g/mol. The summed E-state index contributed by atoms with van der Waals surface area (Å²) in [6, 6.07) is 16.0. The summed E-state index contributed by atoms with van der Waals surface area (Å²) < 4.78 is 0. The van der Waals surface area contributed by atoms with E-state index in [1.54, 1.807) is 0 Å². The zero-order valence-electron chi connectivity index (χ0n) is 11.7. The van der Waals surface area contributed by atoms with E-state index < -0.39 is 0 Å². The van der Waals surface area contributed by atoms with Crippen LogP contribution in [0.15, 0.2) is 53.6 Å². The van der Waals surface area contributed by atoms with Gasteiger partial charge in [-0.05, 0) is 24.6 Å². The van der Waals surface area contributed by atoms with E-state index in [2.05, 4.69) is 34.6 Å². The van der Waals surface area contributed by atoms with Crippen LogP contribution in [0.1, 0.15) is 16.8 Å². The molecule has 0 saturated carbocycles. The predicted octanol–water partition coefficient (Wildman–Crippen LogP) is 4.25. The predicted molar refractivity (Wildman–Crippen MR) is 88.9 cm³/mol. The maximum absolute atomic E-state index is 6.11. The molecule has 2 N–H and O–H groups in total. The number of aromatic nitrogens is 1. The minimum absolute atomic E-state index is 0.609. The maximum Gasteiger partial charge on any atom is 0.0594 e. The van der Waals surface area contributed by atoms with Crippen LogP contribution in [-0.4, -0.2) is 11.2 Å². The van der Waals surface area contributed by atoms with Crippen molar-refractivity contribution in [2.45, 2.75) is 13.5 Å². The van der Waals surface area contributed by atoms with Crippen molar-refractivity contribution < 1.29 is 0 Å². The van der Waals surface area contributed by atoms with Gasteiger partial charge in [-0.2, -0.15) is 5.10 Å². The number of halogens is 1. The van der Waals surface area contributed by atoms with Gasteiger partial charge in [0.1, 0.15) is 0 Å². The number of nitrogens with one attached hydrogen (secondary N) is 2. The Balaban J connectivity index is 1.74. The molecule has 0 fully saturated rings. The van der Waals surface area contributed by atoms with Gasteiger partial charge in [0.2, 0.25) is 0 Å². The molecule has 2 aromatic carbocycles. The minimum Gasteiger partial charge on any atom is -0.358 e. The monoisotopic (exact) mass is 297 g/mol. The van der Waals surface area contributed by atoms with E-state index >= 15 is 0 Å². The van der Waals surface area contributed by atoms with Crippen molar-refractivity contribution in [3.05, 3.63) is 70.4 Å². The number of hydrogen-bond donors (Lipinski definition) is 2. The maximum atomic E-state index is 6.11. The summed E-state index contributed by atoms with van der Waals surface area (Å²) in [6.45, 7) is 2.66. The largest absolute Gasteiger partial charge is 0.358 e. The van der Waals surface area contributed by atoms with Crippen LogP contribution in [0.5, 0.6) is 0 Å². The second kappa shape index (κ2) is 6.02. The van der Waals surface area contributed by atoms with Gasteiger partial charge < -0.3 is 10.4 Å². The Labute approximate surface area is 128 Å². The molecule has 3 nitrogen and oxygen atoms in total. The van der Waals surface area contributed by atoms with E-state index in [1.807, 2.05) is 42.6 Å². The van der Waals surface area contributed by atoms with E-state index in [9.17, 15) is 0 Å². The molecule has 106 valence electrons. The molecule has 0 radical (unpaired) electrons. The molecule has 0 aliphatic carbocycles. The standard InChI is InChI=1S/C17H16ClN3/c1-12-15(14-7-3-5-9-17(14)21-12)11-20-19-10-13-6-2-4-8-16(13)18/h2-9,11,19,21H,10H2,1H3/b20-11-. The molecular formula is C17H16ClN3. The minimum atomic E-state index is 0.609. The van der Waals surface area contributed by atoms with E-state index in [-0.39, 0.29) is 0 Å². The molecule has 0 aliphatic rings. The molecular weight excluding hydrogens is 282 g/mol. The van der Waals surface area contributed by atoms with Crippen LogP contribution in [-0.2, 0) is 6.54 Å². The van der Waals surface area contributed by atoms with Crippen molar-refractivity contribution in [2.24, 2.45) is 5.10 Å². The Morgan fingerprint density at radius 3 is 2.76 bits per heavy atom. The van der Waals surface area contributed by atoms with Crippen LogP contribution < -0.4 is 5.43 Å². The van der Waals surface area contributed by atoms with Gasteiger partial charge in [-0.1, -0.05) is 48.0 Å². The Bertz CT molecular complexity index is 790. The van der Waals surface area contributed by atoms with Gasteiger partial charge in [-0.15, -0.1) is 0 Å². The van der Waals surface area contributed by atoms with Crippen molar-refractivity contribution in [1.82, 2.24) is 10.4 Å². The molecule has 0 aliphatic heterocycles. The fraction of sp³-hybridized carbons (Fsp3) is 0.118. The number of nitrogens with zero attached hydrogens (tertiary/aromatic N) is 1. The van der Waals surface area contributed by atoms with Gasteiger partial charge in [0.05, 0.1) is 12.8 Å². The number of rotatable bonds is 4. The summed E-state index contributed by atoms with van der Waals surface area (Å²) in [7, 11) is 0. The summed E-state index contributed by atoms with van der Waals surface area (Å²) >= 11 is 6.11. The first kappa shape index (κ1) is 13.7. The number of para-hydroxylation sites is 1. The number of aromatic amines is 1. The molecule has 1 heterocycles. The fourth-order valence-corrected chi connectivity index (χ4v) is 2.55. The lowest BCUT2D eigenvalue weighted by molar-refractivity contribution is 0.748. The number of hydrogen-bond acceptors (Lipinski definition) is 2. The first-order valence-corrected chi connectivity index (χ1v) is 7.20. The molecule has 21 heavy (non-hydrogen) atoms. The van der Waals surface area contributed by atoms with Crippen LogP contribution in [0.25, 0.3) is 10.9 Å². The highest BCUT2D eigenvalue weighted by Crippen LogP contribution is 2.20. The van der Waals surface area contributed by atoms with Gasteiger partial charge in [0.25, 0.3) is 0 Å². The summed E-state index contributed by atoms with van der Waals surface area (Å²) in [5.41, 5.74) is 7.42. The fourth-order valence-electron chi connectivity index (χ4n) is 2.35. The second-order valence-corrected chi connectivity index (χ2v) is 5.30. The molecule has 0 saturated heterocycles. The van der Waals surface area contributed by atoms with Crippen LogP contribution in [0.4, 0.5) is 0 Å². The van der Waals surface area contributed by atoms with Crippen molar-refractivity contribution in [2.75, 3.05) is 0 Å². The Hall–Kier alpha value is -2.26. The number of aryl methyl sites for hydroxylation is 1. The smallest absolute Gasteiger partial charge is 0.0594 e. The Morgan fingerprint density at radius 2 is 1.90 bits per heavy atom. The molecule has 0 atom stereocenters. The topological polar surface area (TPSA) is 40.2 Å². The number of fused-ring (bicyclic) bond motifs is 1. The van der Waals surface area contributed by atoms with Gasteiger partial charge in [-0.3, -0.25) is 0 Å². The van der Waals surface area contributed by atoms with Crippen LogP contribution in [0.3, 0.4) is 0 Å². The molecule has 0 bridgehead atoms. The average Bonchev–Trinajstić information content (AvgIpc) is 2.81.